The van der Waals surface area contributed by atoms with Gasteiger partial charge >= 0.3 is 6.03 Å². The number of hydrogen-bond acceptors (Lipinski definition) is 5. The van der Waals surface area contributed by atoms with Crippen molar-refractivity contribution in [2.45, 2.75) is 47.0 Å². The molecule has 0 bridgehead atoms. The van der Waals surface area contributed by atoms with Gasteiger partial charge in [-0.3, -0.25) is 9.89 Å². The van der Waals surface area contributed by atoms with Crippen molar-refractivity contribution in [3.63, 3.8) is 0 Å². The van der Waals surface area contributed by atoms with Gasteiger partial charge < -0.3 is 16.0 Å². The van der Waals surface area contributed by atoms with E-state index in [1.165, 1.54) is 12.1 Å². The Bertz CT molecular complexity index is 987. The monoisotopic (exact) mass is 436 g/mol. The highest BCUT2D eigenvalue weighted by atomic mass is 16.2. The zero-order valence-electron chi connectivity index (χ0n) is 20.0. The van der Waals surface area contributed by atoms with E-state index in [1.54, 1.807) is 18.2 Å². The van der Waals surface area contributed by atoms with Gasteiger partial charge in [0.1, 0.15) is 5.82 Å². The first-order valence-corrected chi connectivity index (χ1v) is 11.5. The molecule has 0 spiro atoms. The number of pyridine rings is 1. The number of nitrogens with one attached hydrogen (secondary N) is 1. The van der Waals surface area contributed by atoms with Crippen molar-refractivity contribution in [2.24, 2.45) is 10.9 Å². The molecule has 1 unspecified atom stereocenters. The van der Waals surface area contributed by atoms with Crippen LogP contribution in [0.1, 0.15) is 50.3 Å². The molecular formula is C25H36N6O. The molecule has 172 valence electrons. The van der Waals surface area contributed by atoms with E-state index in [-0.39, 0.29) is 6.03 Å². The molecule has 32 heavy (non-hydrogen) atoms. The molecule has 3 rings (SSSR count). The molecule has 0 fully saturated rings. The van der Waals surface area contributed by atoms with E-state index >= 15 is 0 Å². The van der Waals surface area contributed by atoms with E-state index in [0.717, 1.165) is 54.1 Å². The number of nitrogen functional groups attached to an aromatic ring is 1. The number of aliphatic imine (C=N–C) groups is 1. The Kier molecular flexibility index (Phi) is 7.72. The largest absolute Gasteiger partial charge is 0.398 e. The van der Waals surface area contributed by atoms with Crippen LogP contribution in [-0.4, -0.2) is 43.9 Å². The molecule has 0 radical (unpaired) electrons. The van der Waals surface area contributed by atoms with Crippen LogP contribution in [0.4, 0.5) is 27.7 Å². The minimum absolute atomic E-state index is 0.177. The molecule has 0 aliphatic carbocycles. The van der Waals surface area contributed by atoms with Gasteiger partial charge in [0.15, 0.2) is 0 Å². The average Bonchev–Trinajstić information content (AvgIpc) is 3.22. The van der Waals surface area contributed by atoms with Gasteiger partial charge in [-0.1, -0.05) is 20.3 Å². The Balaban J connectivity index is 1.82. The summed E-state index contributed by atoms with van der Waals surface area (Å²) in [6.07, 6.45) is 6.67. The van der Waals surface area contributed by atoms with Crippen LogP contribution in [0.3, 0.4) is 0 Å². The second-order valence-electron chi connectivity index (χ2n) is 8.53. The molecule has 1 aliphatic heterocycles. The summed E-state index contributed by atoms with van der Waals surface area (Å²) in [7, 11) is 1.70. The quantitative estimate of drug-likeness (QED) is 0.456. The maximum absolute atomic E-state index is 13.2. The summed E-state index contributed by atoms with van der Waals surface area (Å²) in [6.45, 7) is 11.2. The summed E-state index contributed by atoms with van der Waals surface area (Å²) in [5.74, 6) is 1.46. The third kappa shape index (κ3) is 5.03. The first-order chi connectivity index (χ1) is 15.4. The van der Waals surface area contributed by atoms with Crippen molar-refractivity contribution in [2.75, 3.05) is 47.5 Å². The van der Waals surface area contributed by atoms with Crippen LogP contribution in [0.2, 0.25) is 0 Å². The highest BCUT2D eigenvalue weighted by Crippen LogP contribution is 2.34. The number of aromatic nitrogens is 1. The number of fused-ring (bicyclic) bond motifs is 1. The lowest BCUT2D eigenvalue weighted by atomic mass is 10.0. The van der Waals surface area contributed by atoms with Gasteiger partial charge in [0, 0.05) is 67.3 Å². The zero-order valence-corrected chi connectivity index (χ0v) is 20.0. The smallest absolute Gasteiger partial charge is 0.327 e. The van der Waals surface area contributed by atoms with Gasteiger partial charge in [-0.15, -0.1) is 0 Å². The summed E-state index contributed by atoms with van der Waals surface area (Å²) in [6, 6.07) is 5.63. The molecule has 7 heteroatoms. The van der Waals surface area contributed by atoms with Crippen molar-refractivity contribution in [1.82, 2.24) is 4.98 Å². The van der Waals surface area contributed by atoms with Crippen LogP contribution >= 0.6 is 0 Å². The molecule has 0 saturated carbocycles. The summed E-state index contributed by atoms with van der Waals surface area (Å²) in [4.78, 5) is 26.0. The van der Waals surface area contributed by atoms with E-state index in [2.05, 4.69) is 47.0 Å². The fourth-order valence-corrected chi connectivity index (χ4v) is 4.11. The van der Waals surface area contributed by atoms with E-state index in [1.807, 2.05) is 25.3 Å². The summed E-state index contributed by atoms with van der Waals surface area (Å²) < 4.78 is 0. The number of nitrogens with two attached hydrogens (primary N) is 1. The van der Waals surface area contributed by atoms with E-state index in [0.29, 0.717) is 18.2 Å². The van der Waals surface area contributed by atoms with Crippen molar-refractivity contribution >= 4 is 35.1 Å². The standard InChI is InChI=1S/C25H36N6O/c1-6-17(3)9-12-30(7-2)23-8-11-28-24-20(23)10-13-31(24)25(32)29-22-15-19(16-27-5)21(26)14-18(22)4/h8,11,14-17H,6-7,9-10,12-13,26H2,1-5H3,(H,29,32). The van der Waals surface area contributed by atoms with Gasteiger partial charge in [-0.25, -0.2) is 9.78 Å². The second-order valence-corrected chi connectivity index (χ2v) is 8.53. The predicted molar refractivity (Wildman–Crippen MR) is 135 cm³/mol. The molecular weight excluding hydrogens is 400 g/mol. The maximum atomic E-state index is 13.2. The molecule has 7 nitrogen and oxygen atoms in total. The van der Waals surface area contributed by atoms with Crippen LogP contribution in [0.25, 0.3) is 0 Å². The Hall–Kier alpha value is -3.09. The highest BCUT2D eigenvalue weighted by Gasteiger charge is 2.29. The molecule has 0 saturated heterocycles. The summed E-state index contributed by atoms with van der Waals surface area (Å²) in [5, 5.41) is 3.05. The number of nitrogens with zero attached hydrogens (tertiary/aromatic N) is 4. The fraction of sp³-hybridized carbons (Fsp3) is 0.480. The Morgan fingerprint density at radius 1 is 1.41 bits per heavy atom. The number of benzene rings is 1. The number of aryl methyl sites for hydroxylation is 1. The molecule has 1 aliphatic rings. The van der Waals surface area contributed by atoms with Crippen LogP contribution in [0, 0.1) is 12.8 Å². The van der Waals surface area contributed by atoms with Crippen molar-refractivity contribution in [1.29, 1.82) is 0 Å². The van der Waals surface area contributed by atoms with Crippen LogP contribution < -0.4 is 20.9 Å². The summed E-state index contributed by atoms with van der Waals surface area (Å²) >= 11 is 0. The van der Waals surface area contributed by atoms with Gasteiger partial charge in [-0.2, -0.15) is 0 Å². The fourth-order valence-electron chi connectivity index (χ4n) is 4.11. The first kappa shape index (κ1) is 23.6. The highest BCUT2D eigenvalue weighted by molar-refractivity contribution is 6.04. The van der Waals surface area contributed by atoms with Crippen LogP contribution in [0.15, 0.2) is 29.4 Å². The minimum atomic E-state index is -0.177. The Morgan fingerprint density at radius 2 is 2.19 bits per heavy atom. The average molecular weight is 437 g/mol. The zero-order chi connectivity index (χ0) is 23.3. The van der Waals surface area contributed by atoms with E-state index < -0.39 is 0 Å². The molecule has 3 N–H and O–H groups in total. The number of hydrogen-bond donors (Lipinski definition) is 2. The lowest BCUT2D eigenvalue weighted by Gasteiger charge is -2.27. The molecule has 2 heterocycles. The predicted octanol–water partition coefficient (Wildman–Crippen LogP) is 4.88. The number of rotatable bonds is 8. The number of urea groups is 1. The van der Waals surface area contributed by atoms with Crippen molar-refractivity contribution < 1.29 is 4.79 Å². The number of carbonyl (C=O) groups is 1. The molecule has 1 aromatic heterocycles. The number of amides is 2. The van der Waals surface area contributed by atoms with E-state index in [4.69, 9.17) is 5.73 Å². The van der Waals surface area contributed by atoms with Gasteiger partial charge in [0.25, 0.3) is 0 Å². The Morgan fingerprint density at radius 3 is 2.88 bits per heavy atom. The second kappa shape index (κ2) is 10.5. The van der Waals surface area contributed by atoms with Gasteiger partial charge in [0.05, 0.1) is 0 Å². The topological polar surface area (TPSA) is 86.9 Å². The molecule has 2 amide bonds. The molecule has 2 aromatic rings. The minimum Gasteiger partial charge on any atom is -0.398 e. The lowest BCUT2D eigenvalue weighted by molar-refractivity contribution is 0.257. The van der Waals surface area contributed by atoms with Crippen LogP contribution in [-0.2, 0) is 6.42 Å². The Labute approximate surface area is 191 Å². The van der Waals surface area contributed by atoms with Gasteiger partial charge in [0.2, 0.25) is 0 Å². The van der Waals surface area contributed by atoms with Crippen molar-refractivity contribution in [3.8, 4) is 0 Å². The molecule has 1 atom stereocenters. The van der Waals surface area contributed by atoms with Crippen molar-refractivity contribution in [3.05, 3.63) is 41.1 Å². The van der Waals surface area contributed by atoms with E-state index in [9.17, 15) is 4.79 Å². The lowest BCUT2D eigenvalue weighted by Crippen LogP contribution is -2.34. The third-order valence-electron chi connectivity index (χ3n) is 6.35. The maximum Gasteiger partial charge on any atom is 0.327 e. The number of anilines is 4. The number of carbonyl (C=O) groups excluding carboxylic acids is 1. The third-order valence-corrected chi connectivity index (χ3v) is 6.35. The molecule has 1 aromatic carbocycles. The first-order valence-electron chi connectivity index (χ1n) is 11.5. The SMILES string of the molecule is CCC(C)CCN(CC)c1ccnc2c1CCN2C(=O)Nc1cc(C=NC)c(N)cc1C. The van der Waals surface area contributed by atoms with Gasteiger partial charge in [-0.05, 0) is 56.4 Å². The van der Waals surface area contributed by atoms with Crippen LogP contribution in [0.5, 0.6) is 0 Å². The normalized spacial score (nSPS) is 14.0. The summed E-state index contributed by atoms with van der Waals surface area (Å²) in [5.41, 5.74) is 11.5.